The van der Waals surface area contributed by atoms with E-state index in [2.05, 4.69) is 20.5 Å². The molecular formula is C17H22N6O2. The van der Waals surface area contributed by atoms with Gasteiger partial charge in [0.05, 0.1) is 5.39 Å². The van der Waals surface area contributed by atoms with E-state index in [1.165, 1.54) is 4.68 Å². The molecule has 8 heteroatoms. The molecule has 0 saturated carbocycles. The maximum absolute atomic E-state index is 12.6. The molecule has 1 aromatic heterocycles. The quantitative estimate of drug-likeness (QED) is 0.794. The van der Waals surface area contributed by atoms with Crippen molar-refractivity contribution in [3.05, 3.63) is 34.6 Å². The first-order valence-corrected chi connectivity index (χ1v) is 8.77. The summed E-state index contributed by atoms with van der Waals surface area (Å²) < 4.78 is 1.17. The van der Waals surface area contributed by atoms with Crippen LogP contribution in [0.5, 0.6) is 0 Å². The Labute approximate surface area is 145 Å². The Morgan fingerprint density at radius 2 is 2.00 bits per heavy atom. The van der Waals surface area contributed by atoms with Gasteiger partial charge in [0.15, 0.2) is 0 Å². The SMILES string of the molecule is O=C(Cn1nnc2ccccc2c1=O)N1CCC(N2CCNCC2)C1. The number of aromatic nitrogens is 3. The molecular weight excluding hydrogens is 320 g/mol. The van der Waals surface area contributed by atoms with Crippen LogP contribution in [-0.2, 0) is 11.3 Å². The van der Waals surface area contributed by atoms with E-state index in [1.54, 1.807) is 18.2 Å². The lowest BCUT2D eigenvalue weighted by atomic mass is 10.2. The van der Waals surface area contributed by atoms with Gasteiger partial charge in [-0.25, -0.2) is 4.68 Å². The summed E-state index contributed by atoms with van der Waals surface area (Å²) in [4.78, 5) is 29.4. The molecule has 132 valence electrons. The van der Waals surface area contributed by atoms with Gasteiger partial charge in [-0.1, -0.05) is 17.3 Å². The molecule has 1 N–H and O–H groups in total. The lowest BCUT2D eigenvalue weighted by molar-refractivity contribution is -0.131. The topological polar surface area (TPSA) is 83.4 Å². The van der Waals surface area contributed by atoms with Crippen LogP contribution in [0.2, 0.25) is 0 Å². The van der Waals surface area contributed by atoms with Gasteiger partial charge in [0, 0.05) is 45.3 Å². The van der Waals surface area contributed by atoms with Gasteiger partial charge < -0.3 is 10.2 Å². The molecule has 25 heavy (non-hydrogen) atoms. The normalized spacial score (nSPS) is 21.8. The van der Waals surface area contributed by atoms with E-state index in [9.17, 15) is 9.59 Å². The molecule has 1 unspecified atom stereocenters. The fourth-order valence-corrected chi connectivity index (χ4v) is 3.67. The monoisotopic (exact) mass is 342 g/mol. The van der Waals surface area contributed by atoms with E-state index in [0.29, 0.717) is 16.9 Å². The first kappa shape index (κ1) is 16.2. The van der Waals surface area contributed by atoms with Gasteiger partial charge in [-0.3, -0.25) is 14.5 Å². The molecule has 2 aliphatic heterocycles. The third-order valence-electron chi connectivity index (χ3n) is 5.10. The number of hydrogen-bond acceptors (Lipinski definition) is 6. The molecule has 1 aromatic carbocycles. The van der Waals surface area contributed by atoms with Gasteiger partial charge in [-0.05, 0) is 18.6 Å². The second-order valence-electron chi connectivity index (χ2n) is 6.64. The molecule has 0 bridgehead atoms. The van der Waals surface area contributed by atoms with E-state index in [-0.39, 0.29) is 18.0 Å². The average molecular weight is 342 g/mol. The lowest BCUT2D eigenvalue weighted by Gasteiger charge is -2.32. The zero-order chi connectivity index (χ0) is 17.2. The highest BCUT2D eigenvalue weighted by atomic mass is 16.2. The van der Waals surface area contributed by atoms with Crippen molar-refractivity contribution in [3.8, 4) is 0 Å². The van der Waals surface area contributed by atoms with Crippen LogP contribution in [0.15, 0.2) is 29.1 Å². The summed E-state index contributed by atoms with van der Waals surface area (Å²) in [6, 6.07) is 7.48. The number of fused-ring (bicyclic) bond motifs is 1. The molecule has 2 aliphatic rings. The largest absolute Gasteiger partial charge is 0.339 e. The van der Waals surface area contributed by atoms with E-state index in [1.807, 2.05) is 11.0 Å². The van der Waals surface area contributed by atoms with Crippen molar-refractivity contribution < 1.29 is 4.79 Å². The standard InChI is InChI=1S/C17H22N6O2/c24-16(22-8-5-13(11-22)21-9-6-18-7-10-21)12-23-17(25)14-3-1-2-4-15(14)19-20-23/h1-4,13,18H,5-12H2. The minimum absolute atomic E-state index is 0.0507. The fourth-order valence-electron chi connectivity index (χ4n) is 3.67. The summed E-state index contributed by atoms with van der Waals surface area (Å²) in [5.41, 5.74) is 0.285. The molecule has 0 aliphatic carbocycles. The Bertz CT molecular complexity index is 829. The van der Waals surface area contributed by atoms with Crippen LogP contribution in [0.3, 0.4) is 0 Å². The van der Waals surface area contributed by atoms with Crippen molar-refractivity contribution >= 4 is 16.8 Å². The second-order valence-corrected chi connectivity index (χ2v) is 6.64. The molecule has 2 saturated heterocycles. The smallest absolute Gasteiger partial charge is 0.278 e. The number of benzene rings is 1. The van der Waals surface area contributed by atoms with E-state index < -0.39 is 0 Å². The zero-order valence-electron chi connectivity index (χ0n) is 14.1. The van der Waals surface area contributed by atoms with E-state index in [0.717, 1.165) is 45.7 Å². The number of carbonyl (C=O) groups is 1. The number of rotatable bonds is 3. The van der Waals surface area contributed by atoms with Gasteiger partial charge in [-0.2, -0.15) is 0 Å². The predicted molar refractivity (Wildman–Crippen MR) is 93.2 cm³/mol. The number of piperazine rings is 1. The van der Waals surface area contributed by atoms with Crippen molar-refractivity contribution in [2.45, 2.75) is 19.0 Å². The minimum Gasteiger partial charge on any atom is -0.339 e. The maximum atomic E-state index is 12.6. The Balaban J connectivity index is 1.44. The molecule has 3 heterocycles. The highest BCUT2D eigenvalue weighted by molar-refractivity contribution is 5.78. The van der Waals surface area contributed by atoms with Crippen LogP contribution in [0.25, 0.3) is 10.9 Å². The predicted octanol–water partition coefficient (Wildman–Crippen LogP) is -0.702. The zero-order valence-corrected chi connectivity index (χ0v) is 14.1. The number of nitrogens with one attached hydrogen (secondary N) is 1. The van der Waals surface area contributed by atoms with Gasteiger partial charge in [0.1, 0.15) is 12.1 Å². The van der Waals surface area contributed by atoms with Gasteiger partial charge >= 0.3 is 0 Å². The number of amides is 1. The molecule has 1 amide bonds. The molecule has 2 fully saturated rings. The summed E-state index contributed by atoms with van der Waals surface area (Å²) in [6.07, 6.45) is 0.990. The molecule has 8 nitrogen and oxygen atoms in total. The maximum Gasteiger partial charge on any atom is 0.278 e. The number of carbonyl (C=O) groups excluding carboxylic acids is 1. The Morgan fingerprint density at radius 3 is 2.84 bits per heavy atom. The molecule has 4 rings (SSSR count). The molecule has 0 spiro atoms. The van der Waals surface area contributed by atoms with Crippen molar-refractivity contribution in [1.29, 1.82) is 0 Å². The molecule has 0 radical (unpaired) electrons. The Kier molecular flexibility index (Phi) is 4.46. The first-order valence-electron chi connectivity index (χ1n) is 8.77. The molecule has 2 aromatic rings. The van der Waals surface area contributed by atoms with Crippen LogP contribution < -0.4 is 10.9 Å². The van der Waals surface area contributed by atoms with Crippen molar-refractivity contribution in [3.63, 3.8) is 0 Å². The van der Waals surface area contributed by atoms with Gasteiger partial charge in [0.25, 0.3) is 5.56 Å². The minimum atomic E-state index is -0.267. The Morgan fingerprint density at radius 1 is 1.20 bits per heavy atom. The van der Waals surface area contributed by atoms with Crippen LogP contribution in [-0.4, -0.2) is 76.0 Å². The summed E-state index contributed by atoms with van der Waals surface area (Å²) in [5, 5.41) is 11.8. The highest BCUT2D eigenvalue weighted by Gasteiger charge is 2.31. The summed E-state index contributed by atoms with van der Waals surface area (Å²) >= 11 is 0. The second kappa shape index (κ2) is 6.89. The number of likely N-dealkylation sites (tertiary alicyclic amines) is 1. The van der Waals surface area contributed by atoms with Crippen LogP contribution in [0, 0.1) is 0 Å². The third kappa shape index (κ3) is 3.27. The van der Waals surface area contributed by atoms with E-state index in [4.69, 9.17) is 0 Å². The van der Waals surface area contributed by atoms with Crippen LogP contribution in [0.1, 0.15) is 6.42 Å². The van der Waals surface area contributed by atoms with Gasteiger partial charge in [0.2, 0.25) is 5.91 Å². The van der Waals surface area contributed by atoms with Crippen LogP contribution >= 0.6 is 0 Å². The van der Waals surface area contributed by atoms with Crippen molar-refractivity contribution in [2.24, 2.45) is 0 Å². The van der Waals surface area contributed by atoms with Crippen LogP contribution in [0.4, 0.5) is 0 Å². The third-order valence-corrected chi connectivity index (χ3v) is 5.10. The Hall–Kier alpha value is -2.32. The van der Waals surface area contributed by atoms with E-state index >= 15 is 0 Å². The first-order chi connectivity index (χ1) is 12.2. The summed E-state index contributed by atoms with van der Waals surface area (Å²) in [7, 11) is 0. The average Bonchev–Trinajstić information content (AvgIpc) is 3.15. The summed E-state index contributed by atoms with van der Waals surface area (Å²) in [5.74, 6) is -0.0654. The van der Waals surface area contributed by atoms with Crippen molar-refractivity contribution in [2.75, 3.05) is 39.3 Å². The lowest BCUT2D eigenvalue weighted by Crippen LogP contribution is -2.49. The van der Waals surface area contributed by atoms with Gasteiger partial charge in [-0.15, -0.1) is 5.10 Å². The molecule has 1 atom stereocenters. The summed E-state index contributed by atoms with van der Waals surface area (Å²) in [6.45, 7) is 5.49. The number of nitrogens with zero attached hydrogens (tertiary/aromatic N) is 5. The van der Waals surface area contributed by atoms with Crippen molar-refractivity contribution in [1.82, 2.24) is 30.1 Å². The highest BCUT2D eigenvalue weighted by Crippen LogP contribution is 2.16. The fraction of sp³-hybridized carbons (Fsp3) is 0.529. The number of hydrogen-bond donors (Lipinski definition) is 1.